The molecular weight excluding hydrogens is 238 g/mol. The topological polar surface area (TPSA) is 60.9 Å². The highest BCUT2D eigenvalue weighted by Crippen LogP contribution is 2.23. The monoisotopic (exact) mass is 261 g/mol. The minimum Gasteiger partial charge on any atom is -0.387 e. The first kappa shape index (κ1) is 14.0. The van der Waals surface area contributed by atoms with Crippen molar-refractivity contribution in [1.29, 1.82) is 0 Å². The molecule has 0 aliphatic heterocycles. The molecule has 4 heteroatoms. The van der Waals surface area contributed by atoms with Gasteiger partial charge in [-0.25, -0.2) is 0 Å². The standard InChI is InChI=1S/C15H23N3O/c1-10(15(2,3)4)16-9-14(19)11-6-5-7-13-12(11)8-17-18-13/h5-8,10,14,16,19H,9H2,1-4H3,(H,17,18). The van der Waals surface area contributed by atoms with E-state index in [1.54, 1.807) is 6.20 Å². The Labute approximate surface area is 114 Å². The van der Waals surface area contributed by atoms with E-state index in [-0.39, 0.29) is 5.41 Å². The first-order valence-corrected chi connectivity index (χ1v) is 6.73. The summed E-state index contributed by atoms with van der Waals surface area (Å²) in [5, 5.41) is 21.7. The van der Waals surface area contributed by atoms with Crippen molar-refractivity contribution >= 4 is 10.9 Å². The van der Waals surface area contributed by atoms with Crippen LogP contribution in [0, 0.1) is 5.41 Å². The van der Waals surface area contributed by atoms with Crippen LogP contribution >= 0.6 is 0 Å². The fourth-order valence-corrected chi connectivity index (χ4v) is 1.99. The van der Waals surface area contributed by atoms with Gasteiger partial charge < -0.3 is 10.4 Å². The highest BCUT2D eigenvalue weighted by atomic mass is 16.3. The predicted molar refractivity (Wildman–Crippen MR) is 78.0 cm³/mol. The third-order valence-corrected chi connectivity index (χ3v) is 3.79. The number of hydrogen-bond donors (Lipinski definition) is 3. The number of aromatic nitrogens is 2. The van der Waals surface area contributed by atoms with Gasteiger partial charge in [0.15, 0.2) is 0 Å². The van der Waals surface area contributed by atoms with Gasteiger partial charge in [0, 0.05) is 18.0 Å². The molecule has 2 atom stereocenters. The molecule has 1 aromatic carbocycles. The molecule has 0 aliphatic carbocycles. The van der Waals surface area contributed by atoms with E-state index in [9.17, 15) is 5.11 Å². The van der Waals surface area contributed by atoms with E-state index in [0.29, 0.717) is 12.6 Å². The number of nitrogens with one attached hydrogen (secondary N) is 2. The van der Waals surface area contributed by atoms with Crippen LogP contribution in [0.5, 0.6) is 0 Å². The van der Waals surface area contributed by atoms with Crippen molar-refractivity contribution in [2.24, 2.45) is 5.41 Å². The lowest BCUT2D eigenvalue weighted by Crippen LogP contribution is -2.39. The zero-order chi connectivity index (χ0) is 14.0. The number of nitrogens with zero attached hydrogens (tertiary/aromatic N) is 1. The van der Waals surface area contributed by atoms with Crippen LogP contribution in [0.4, 0.5) is 0 Å². The summed E-state index contributed by atoms with van der Waals surface area (Å²) in [6.07, 6.45) is 1.24. The molecule has 0 saturated heterocycles. The van der Waals surface area contributed by atoms with Crippen LogP contribution in [0.2, 0.25) is 0 Å². The molecule has 0 spiro atoms. The van der Waals surface area contributed by atoms with Crippen molar-refractivity contribution in [3.8, 4) is 0 Å². The molecule has 2 unspecified atom stereocenters. The highest BCUT2D eigenvalue weighted by molar-refractivity contribution is 5.81. The SMILES string of the molecule is CC(NCC(O)c1cccc2[nH]ncc12)C(C)(C)C. The predicted octanol–water partition coefficient (Wildman–Crippen LogP) is 2.62. The summed E-state index contributed by atoms with van der Waals surface area (Å²) in [6, 6.07) is 6.19. The van der Waals surface area contributed by atoms with E-state index >= 15 is 0 Å². The molecule has 1 aromatic heterocycles. The molecule has 19 heavy (non-hydrogen) atoms. The Kier molecular flexibility index (Phi) is 3.92. The minimum absolute atomic E-state index is 0.182. The van der Waals surface area contributed by atoms with Crippen molar-refractivity contribution in [3.63, 3.8) is 0 Å². The number of fused-ring (bicyclic) bond motifs is 1. The minimum atomic E-state index is -0.522. The van der Waals surface area contributed by atoms with Crippen molar-refractivity contribution in [1.82, 2.24) is 15.5 Å². The maximum Gasteiger partial charge on any atom is 0.0921 e. The molecule has 2 rings (SSSR count). The summed E-state index contributed by atoms with van der Waals surface area (Å²) in [5.41, 5.74) is 2.06. The van der Waals surface area contributed by atoms with E-state index < -0.39 is 6.10 Å². The summed E-state index contributed by atoms with van der Waals surface area (Å²) < 4.78 is 0. The molecule has 0 aliphatic rings. The average molecular weight is 261 g/mol. The van der Waals surface area contributed by atoms with E-state index in [0.717, 1.165) is 16.5 Å². The lowest BCUT2D eigenvalue weighted by atomic mass is 9.88. The summed E-state index contributed by atoms with van der Waals surface area (Å²) in [6.45, 7) is 9.25. The maximum atomic E-state index is 10.3. The summed E-state index contributed by atoms with van der Waals surface area (Å²) in [4.78, 5) is 0. The zero-order valence-electron chi connectivity index (χ0n) is 12.1. The second-order valence-electron chi connectivity index (χ2n) is 6.19. The Hall–Kier alpha value is -1.39. The molecule has 0 bridgehead atoms. The fourth-order valence-electron chi connectivity index (χ4n) is 1.99. The second-order valence-corrected chi connectivity index (χ2v) is 6.19. The first-order chi connectivity index (χ1) is 8.89. The van der Waals surface area contributed by atoms with Crippen molar-refractivity contribution in [3.05, 3.63) is 30.0 Å². The molecule has 0 amide bonds. The largest absolute Gasteiger partial charge is 0.387 e. The van der Waals surface area contributed by atoms with Gasteiger partial charge in [0.25, 0.3) is 0 Å². The van der Waals surface area contributed by atoms with E-state index in [4.69, 9.17) is 0 Å². The lowest BCUT2D eigenvalue weighted by Gasteiger charge is -2.29. The maximum absolute atomic E-state index is 10.3. The Morgan fingerprint density at radius 3 is 2.79 bits per heavy atom. The molecule has 104 valence electrons. The van der Waals surface area contributed by atoms with Gasteiger partial charge in [0.05, 0.1) is 17.8 Å². The Balaban J connectivity index is 2.08. The number of benzene rings is 1. The average Bonchev–Trinajstić information content (AvgIpc) is 2.82. The van der Waals surface area contributed by atoms with Crippen LogP contribution < -0.4 is 5.32 Å². The van der Waals surface area contributed by atoms with Gasteiger partial charge in [-0.1, -0.05) is 32.9 Å². The molecule has 0 saturated carbocycles. The van der Waals surface area contributed by atoms with Crippen LogP contribution in [0.3, 0.4) is 0 Å². The zero-order valence-corrected chi connectivity index (χ0v) is 12.1. The van der Waals surface area contributed by atoms with Gasteiger partial charge in [-0.05, 0) is 24.0 Å². The van der Waals surface area contributed by atoms with Crippen LogP contribution in [0.1, 0.15) is 39.4 Å². The van der Waals surface area contributed by atoms with Crippen molar-refractivity contribution < 1.29 is 5.11 Å². The summed E-state index contributed by atoms with van der Waals surface area (Å²) in [5.74, 6) is 0. The van der Waals surface area contributed by atoms with Crippen LogP contribution in [0.15, 0.2) is 24.4 Å². The highest BCUT2D eigenvalue weighted by Gasteiger charge is 2.21. The van der Waals surface area contributed by atoms with Gasteiger partial charge in [-0.15, -0.1) is 0 Å². The quantitative estimate of drug-likeness (QED) is 0.793. The summed E-state index contributed by atoms with van der Waals surface area (Å²) >= 11 is 0. The van der Waals surface area contributed by atoms with E-state index in [2.05, 4.69) is 43.2 Å². The number of aliphatic hydroxyl groups excluding tert-OH is 1. The van der Waals surface area contributed by atoms with Crippen LogP contribution in [-0.2, 0) is 0 Å². The van der Waals surface area contributed by atoms with E-state index in [1.807, 2.05) is 18.2 Å². The molecule has 0 radical (unpaired) electrons. The normalized spacial score (nSPS) is 15.6. The number of rotatable bonds is 4. The molecule has 2 aromatic rings. The Morgan fingerprint density at radius 2 is 2.11 bits per heavy atom. The van der Waals surface area contributed by atoms with Crippen LogP contribution in [-0.4, -0.2) is 27.9 Å². The smallest absolute Gasteiger partial charge is 0.0921 e. The molecule has 4 nitrogen and oxygen atoms in total. The molecule has 3 N–H and O–H groups in total. The van der Waals surface area contributed by atoms with Crippen molar-refractivity contribution in [2.75, 3.05) is 6.54 Å². The Morgan fingerprint density at radius 1 is 1.37 bits per heavy atom. The van der Waals surface area contributed by atoms with E-state index in [1.165, 1.54) is 0 Å². The fraction of sp³-hybridized carbons (Fsp3) is 0.533. The second kappa shape index (κ2) is 5.31. The third-order valence-electron chi connectivity index (χ3n) is 3.79. The van der Waals surface area contributed by atoms with Gasteiger partial charge in [-0.3, -0.25) is 5.10 Å². The number of H-pyrrole nitrogens is 1. The number of hydrogen-bond acceptors (Lipinski definition) is 3. The van der Waals surface area contributed by atoms with Gasteiger partial charge in [0.1, 0.15) is 0 Å². The van der Waals surface area contributed by atoms with Gasteiger partial charge >= 0.3 is 0 Å². The van der Waals surface area contributed by atoms with Gasteiger partial charge in [-0.2, -0.15) is 5.10 Å². The third kappa shape index (κ3) is 3.14. The molecule has 0 fully saturated rings. The Bertz CT molecular complexity index is 542. The summed E-state index contributed by atoms with van der Waals surface area (Å²) in [7, 11) is 0. The van der Waals surface area contributed by atoms with Crippen molar-refractivity contribution in [2.45, 2.75) is 39.8 Å². The van der Waals surface area contributed by atoms with Crippen LogP contribution in [0.25, 0.3) is 10.9 Å². The van der Waals surface area contributed by atoms with Gasteiger partial charge in [0.2, 0.25) is 0 Å². The lowest BCUT2D eigenvalue weighted by molar-refractivity contribution is 0.159. The molecular formula is C15H23N3O. The first-order valence-electron chi connectivity index (χ1n) is 6.73. The molecule has 1 heterocycles. The number of aliphatic hydroxyl groups is 1. The number of aromatic amines is 1.